The third-order valence-electron chi connectivity index (χ3n) is 3.27. The lowest BCUT2D eigenvalue weighted by Crippen LogP contribution is -2.40. The van der Waals surface area contributed by atoms with Gasteiger partial charge in [0.2, 0.25) is 0 Å². The van der Waals surface area contributed by atoms with Gasteiger partial charge in [0, 0.05) is 25.0 Å². The summed E-state index contributed by atoms with van der Waals surface area (Å²) in [6.45, 7) is 1.80. The van der Waals surface area contributed by atoms with Crippen molar-refractivity contribution in [3.63, 3.8) is 0 Å². The van der Waals surface area contributed by atoms with Gasteiger partial charge >= 0.3 is 5.97 Å². The van der Waals surface area contributed by atoms with Gasteiger partial charge in [-0.15, -0.1) is 0 Å². The second-order valence-corrected chi connectivity index (χ2v) is 4.58. The summed E-state index contributed by atoms with van der Waals surface area (Å²) in [5.74, 6) is -0.701. The van der Waals surface area contributed by atoms with Gasteiger partial charge in [-0.1, -0.05) is 12.5 Å². The average Bonchev–Trinajstić information content (AvgIpc) is 2.32. The number of rotatable bonds is 4. The largest absolute Gasteiger partial charge is 0.481 e. The van der Waals surface area contributed by atoms with Crippen LogP contribution in [0, 0.1) is 0 Å². The molecule has 0 aromatic carbocycles. The van der Waals surface area contributed by atoms with Crippen molar-refractivity contribution in [3.8, 4) is 0 Å². The van der Waals surface area contributed by atoms with Crippen LogP contribution in [0.25, 0.3) is 0 Å². The summed E-state index contributed by atoms with van der Waals surface area (Å²) in [7, 11) is 0. The van der Waals surface area contributed by atoms with Gasteiger partial charge in [0.25, 0.3) is 0 Å². The highest BCUT2D eigenvalue weighted by Gasteiger charge is 2.24. The van der Waals surface area contributed by atoms with Crippen LogP contribution in [0.3, 0.4) is 0 Å². The Labute approximate surface area is 101 Å². The van der Waals surface area contributed by atoms with Gasteiger partial charge in [0.15, 0.2) is 0 Å². The van der Waals surface area contributed by atoms with E-state index in [1.165, 1.54) is 0 Å². The molecule has 1 N–H and O–H groups in total. The number of aliphatic carboxylic acids is 1. The number of likely N-dealkylation sites (tertiary alicyclic amines) is 1. The highest BCUT2D eigenvalue weighted by molar-refractivity contribution is 5.67. The maximum Gasteiger partial charge on any atom is 0.304 e. The van der Waals surface area contributed by atoms with Crippen LogP contribution in [0.5, 0.6) is 0 Å². The fourth-order valence-corrected chi connectivity index (χ4v) is 2.43. The molecule has 17 heavy (non-hydrogen) atoms. The fourth-order valence-electron chi connectivity index (χ4n) is 2.43. The Bertz CT molecular complexity index is 367. The number of pyridine rings is 1. The molecule has 1 aromatic rings. The molecule has 2 rings (SSSR count). The summed E-state index contributed by atoms with van der Waals surface area (Å²) in [6, 6.07) is 4.15. The predicted octanol–water partition coefficient (Wildman–Crippen LogP) is 1.91. The smallest absolute Gasteiger partial charge is 0.304 e. The van der Waals surface area contributed by atoms with Crippen molar-refractivity contribution >= 4 is 5.97 Å². The van der Waals surface area contributed by atoms with Crippen LogP contribution in [-0.2, 0) is 11.3 Å². The maximum atomic E-state index is 10.8. The Morgan fingerprint density at radius 2 is 2.41 bits per heavy atom. The Hall–Kier alpha value is -1.42. The number of carbonyl (C=O) groups is 1. The van der Waals surface area contributed by atoms with Crippen molar-refractivity contribution in [2.45, 2.75) is 38.3 Å². The van der Waals surface area contributed by atoms with Gasteiger partial charge in [0.1, 0.15) is 0 Å². The summed E-state index contributed by atoms with van der Waals surface area (Å²) < 4.78 is 0. The second-order valence-electron chi connectivity index (χ2n) is 4.58. The molecule has 1 saturated heterocycles. The van der Waals surface area contributed by atoms with Gasteiger partial charge in [0.05, 0.1) is 6.42 Å². The van der Waals surface area contributed by atoms with Crippen molar-refractivity contribution in [2.75, 3.05) is 6.54 Å². The van der Waals surface area contributed by atoms with Crippen LogP contribution in [0.15, 0.2) is 24.5 Å². The van der Waals surface area contributed by atoms with Crippen molar-refractivity contribution in [1.82, 2.24) is 9.88 Å². The molecule has 92 valence electrons. The van der Waals surface area contributed by atoms with E-state index < -0.39 is 5.97 Å². The standard InChI is InChI=1S/C13H18N2O2/c16-13(17)8-12-5-1-2-7-15(12)10-11-4-3-6-14-9-11/h3-4,6,9,12H,1-2,5,7-8,10H2,(H,16,17). The van der Waals surface area contributed by atoms with Gasteiger partial charge < -0.3 is 5.11 Å². The zero-order valence-corrected chi connectivity index (χ0v) is 9.88. The number of piperidine rings is 1. The zero-order valence-electron chi connectivity index (χ0n) is 9.88. The topological polar surface area (TPSA) is 53.4 Å². The molecule has 0 amide bonds. The third kappa shape index (κ3) is 3.53. The minimum atomic E-state index is -0.701. The van der Waals surface area contributed by atoms with Gasteiger partial charge in [-0.2, -0.15) is 0 Å². The third-order valence-corrected chi connectivity index (χ3v) is 3.27. The van der Waals surface area contributed by atoms with Crippen LogP contribution >= 0.6 is 0 Å². The molecule has 1 atom stereocenters. The molecular formula is C13H18N2O2. The van der Waals surface area contributed by atoms with E-state index in [1.54, 1.807) is 6.20 Å². The van der Waals surface area contributed by atoms with Crippen molar-refractivity contribution in [2.24, 2.45) is 0 Å². The van der Waals surface area contributed by atoms with Crippen LogP contribution in [0.1, 0.15) is 31.2 Å². The van der Waals surface area contributed by atoms with Gasteiger partial charge in [-0.3, -0.25) is 14.7 Å². The molecule has 4 heteroatoms. The average molecular weight is 234 g/mol. The van der Waals surface area contributed by atoms with E-state index in [2.05, 4.69) is 9.88 Å². The van der Waals surface area contributed by atoms with Crippen LogP contribution in [-0.4, -0.2) is 33.5 Å². The quantitative estimate of drug-likeness (QED) is 0.864. The van der Waals surface area contributed by atoms with E-state index in [0.29, 0.717) is 0 Å². The molecule has 1 fully saturated rings. The first-order chi connectivity index (χ1) is 8.25. The van der Waals surface area contributed by atoms with Crippen LogP contribution < -0.4 is 0 Å². The SMILES string of the molecule is O=C(O)CC1CCCCN1Cc1cccnc1. The fraction of sp³-hybridized carbons (Fsp3) is 0.538. The molecule has 0 aliphatic carbocycles. The Kier molecular flexibility index (Phi) is 4.09. The first kappa shape index (κ1) is 12.0. The molecular weight excluding hydrogens is 216 g/mol. The first-order valence-corrected chi connectivity index (χ1v) is 6.10. The normalized spacial score (nSPS) is 21.3. The molecule has 1 aliphatic rings. The maximum absolute atomic E-state index is 10.8. The van der Waals surface area contributed by atoms with Crippen molar-refractivity contribution in [1.29, 1.82) is 0 Å². The van der Waals surface area contributed by atoms with Crippen molar-refractivity contribution in [3.05, 3.63) is 30.1 Å². The van der Waals surface area contributed by atoms with Gasteiger partial charge in [-0.25, -0.2) is 0 Å². The van der Waals surface area contributed by atoms with E-state index in [9.17, 15) is 4.79 Å². The number of nitrogens with zero attached hydrogens (tertiary/aromatic N) is 2. The van der Waals surface area contributed by atoms with E-state index in [-0.39, 0.29) is 12.5 Å². The minimum absolute atomic E-state index is 0.182. The lowest BCUT2D eigenvalue weighted by molar-refractivity contribution is -0.138. The Morgan fingerprint density at radius 1 is 1.53 bits per heavy atom. The van der Waals surface area contributed by atoms with E-state index in [1.807, 2.05) is 18.3 Å². The highest BCUT2D eigenvalue weighted by atomic mass is 16.4. The van der Waals surface area contributed by atoms with E-state index >= 15 is 0 Å². The Balaban J connectivity index is 1.99. The zero-order chi connectivity index (χ0) is 12.1. The van der Waals surface area contributed by atoms with Gasteiger partial charge in [-0.05, 0) is 31.0 Å². The molecule has 1 aliphatic heterocycles. The molecule has 0 spiro atoms. The molecule has 1 unspecified atom stereocenters. The first-order valence-electron chi connectivity index (χ1n) is 6.10. The number of carboxylic acids is 1. The Morgan fingerprint density at radius 3 is 3.12 bits per heavy atom. The second kappa shape index (κ2) is 5.77. The molecule has 4 nitrogen and oxygen atoms in total. The minimum Gasteiger partial charge on any atom is -0.481 e. The summed E-state index contributed by atoms with van der Waals surface area (Å²) >= 11 is 0. The molecule has 0 saturated carbocycles. The van der Waals surface area contributed by atoms with E-state index in [4.69, 9.17) is 5.11 Å². The van der Waals surface area contributed by atoms with E-state index in [0.717, 1.165) is 37.9 Å². The van der Waals surface area contributed by atoms with Crippen LogP contribution in [0.2, 0.25) is 0 Å². The molecule has 0 bridgehead atoms. The monoisotopic (exact) mass is 234 g/mol. The summed E-state index contributed by atoms with van der Waals surface area (Å²) in [4.78, 5) is 17.2. The van der Waals surface area contributed by atoms with Crippen LogP contribution in [0.4, 0.5) is 0 Å². The summed E-state index contributed by atoms with van der Waals surface area (Å²) in [6.07, 6.45) is 7.16. The summed E-state index contributed by atoms with van der Waals surface area (Å²) in [5, 5.41) is 8.91. The predicted molar refractivity (Wildman–Crippen MR) is 64.5 cm³/mol. The lowest BCUT2D eigenvalue weighted by Gasteiger charge is -2.34. The van der Waals surface area contributed by atoms with Crippen molar-refractivity contribution < 1.29 is 9.90 Å². The lowest BCUT2D eigenvalue weighted by atomic mass is 9.99. The summed E-state index contributed by atoms with van der Waals surface area (Å²) in [5.41, 5.74) is 1.16. The number of hydrogen-bond acceptors (Lipinski definition) is 3. The number of hydrogen-bond donors (Lipinski definition) is 1. The molecule has 1 aromatic heterocycles. The molecule has 0 radical (unpaired) electrons. The number of aromatic nitrogens is 1. The number of carboxylic acid groups (broad SMARTS) is 1. The molecule has 2 heterocycles. The highest BCUT2D eigenvalue weighted by Crippen LogP contribution is 2.21.